The Labute approximate surface area is 149 Å². The molecule has 1 aliphatic heterocycles. The summed E-state index contributed by atoms with van der Waals surface area (Å²) in [4.78, 5) is 0. The van der Waals surface area contributed by atoms with Gasteiger partial charge in [0.25, 0.3) is 0 Å². The van der Waals surface area contributed by atoms with Crippen LogP contribution in [0.3, 0.4) is 0 Å². The van der Waals surface area contributed by atoms with E-state index < -0.39 is 11.1 Å². The summed E-state index contributed by atoms with van der Waals surface area (Å²) in [6, 6.07) is 20.5. The summed E-state index contributed by atoms with van der Waals surface area (Å²) in [6.45, 7) is 3.29. The van der Waals surface area contributed by atoms with Crippen LogP contribution < -0.4 is 10.1 Å². The monoisotopic (exact) mass is 336 g/mol. The average Bonchev–Trinajstić information content (AvgIpc) is 2.68. The number of hydrogen-bond acceptors (Lipinski definition) is 4. The fourth-order valence-electron chi connectivity index (χ4n) is 3.52. The predicted molar refractivity (Wildman–Crippen MR) is 97.2 cm³/mol. The van der Waals surface area contributed by atoms with Gasteiger partial charge in [0, 0.05) is 13.2 Å². The number of nitriles is 1. The Kier molecular flexibility index (Phi) is 5.08. The zero-order valence-corrected chi connectivity index (χ0v) is 14.8. The molecule has 1 saturated heterocycles. The standard InChI is InChI=1S/C21H24N2O2/c1-20(18-9-11-19(24-2)12-10-18)21(16-22,13-6-14-25-20)23-15-17-7-4-3-5-8-17/h3-5,7-12,23H,6,13-15H2,1-2H3/t20-,21-/m1/s1. The smallest absolute Gasteiger partial charge is 0.140 e. The molecule has 3 rings (SSSR count). The van der Waals surface area contributed by atoms with Crippen molar-refractivity contribution in [1.82, 2.24) is 5.32 Å². The van der Waals surface area contributed by atoms with Crippen LogP contribution in [0.15, 0.2) is 54.6 Å². The van der Waals surface area contributed by atoms with Crippen LogP contribution in [-0.2, 0) is 16.9 Å². The summed E-state index contributed by atoms with van der Waals surface area (Å²) in [7, 11) is 1.65. The minimum atomic E-state index is -0.782. The van der Waals surface area contributed by atoms with Gasteiger partial charge in [0.05, 0.1) is 13.2 Å². The van der Waals surface area contributed by atoms with Gasteiger partial charge in [-0.15, -0.1) is 0 Å². The van der Waals surface area contributed by atoms with Crippen molar-refractivity contribution in [2.24, 2.45) is 0 Å². The van der Waals surface area contributed by atoms with Crippen LogP contribution in [0.25, 0.3) is 0 Å². The summed E-state index contributed by atoms with van der Waals surface area (Å²) in [5, 5.41) is 13.6. The molecule has 0 amide bonds. The fourth-order valence-corrected chi connectivity index (χ4v) is 3.52. The normalized spacial score (nSPS) is 26.0. The maximum Gasteiger partial charge on any atom is 0.140 e. The van der Waals surface area contributed by atoms with E-state index in [-0.39, 0.29) is 0 Å². The van der Waals surface area contributed by atoms with Crippen LogP contribution in [-0.4, -0.2) is 19.3 Å². The molecule has 1 heterocycles. The molecule has 1 N–H and O–H groups in total. The number of nitrogens with one attached hydrogen (secondary N) is 1. The van der Waals surface area contributed by atoms with Crippen molar-refractivity contribution in [1.29, 1.82) is 5.26 Å². The minimum Gasteiger partial charge on any atom is -0.497 e. The van der Waals surface area contributed by atoms with Crippen molar-refractivity contribution < 1.29 is 9.47 Å². The fraction of sp³-hybridized carbons (Fsp3) is 0.381. The van der Waals surface area contributed by atoms with Crippen LogP contribution in [0, 0.1) is 11.3 Å². The van der Waals surface area contributed by atoms with Crippen molar-refractivity contribution in [2.75, 3.05) is 13.7 Å². The van der Waals surface area contributed by atoms with Crippen molar-refractivity contribution in [3.63, 3.8) is 0 Å². The first-order chi connectivity index (χ1) is 12.1. The molecule has 130 valence electrons. The molecule has 25 heavy (non-hydrogen) atoms. The lowest BCUT2D eigenvalue weighted by atomic mass is 9.72. The van der Waals surface area contributed by atoms with Crippen molar-refractivity contribution in [3.8, 4) is 11.8 Å². The van der Waals surface area contributed by atoms with Gasteiger partial charge >= 0.3 is 0 Å². The van der Waals surface area contributed by atoms with Crippen LogP contribution in [0.4, 0.5) is 0 Å². The van der Waals surface area contributed by atoms with Gasteiger partial charge in [0.1, 0.15) is 16.9 Å². The molecule has 4 nitrogen and oxygen atoms in total. The van der Waals surface area contributed by atoms with E-state index in [0.717, 1.165) is 29.7 Å². The van der Waals surface area contributed by atoms with Gasteiger partial charge in [0.2, 0.25) is 0 Å². The number of methoxy groups -OCH3 is 1. The highest BCUT2D eigenvalue weighted by atomic mass is 16.5. The summed E-state index contributed by atoms with van der Waals surface area (Å²) in [5.74, 6) is 0.794. The number of ether oxygens (including phenoxy) is 2. The molecule has 2 aromatic carbocycles. The third-order valence-corrected chi connectivity index (χ3v) is 5.17. The number of rotatable bonds is 5. The molecule has 0 bridgehead atoms. The highest BCUT2D eigenvalue weighted by Crippen LogP contribution is 2.43. The molecule has 0 aromatic heterocycles. The van der Waals surface area contributed by atoms with Crippen LogP contribution in [0.1, 0.15) is 30.9 Å². The van der Waals surface area contributed by atoms with E-state index >= 15 is 0 Å². The molecule has 1 fully saturated rings. The molecule has 4 heteroatoms. The summed E-state index contributed by atoms with van der Waals surface area (Å²) >= 11 is 0. The summed E-state index contributed by atoms with van der Waals surface area (Å²) < 4.78 is 11.4. The molecular formula is C21H24N2O2. The van der Waals surface area contributed by atoms with Gasteiger partial charge in [-0.05, 0) is 43.0 Å². The molecular weight excluding hydrogens is 312 g/mol. The maximum absolute atomic E-state index is 10.1. The maximum atomic E-state index is 10.1. The van der Waals surface area contributed by atoms with Gasteiger partial charge in [-0.2, -0.15) is 5.26 Å². The Hall–Kier alpha value is -2.35. The Balaban J connectivity index is 1.92. The average molecular weight is 336 g/mol. The second-order valence-electron chi connectivity index (χ2n) is 6.57. The molecule has 0 radical (unpaired) electrons. The quantitative estimate of drug-likeness (QED) is 0.903. The van der Waals surface area contributed by atoms with E-state index in [1.54, 1.807) is 7.11 Å². The van der Waals surface area contributed by atoms with Gasteiger partial charge in [-0.1, -0.05) is 42.5 Å². The van der Waals surface area contributed by atoms with Gasteiger partial charge in [-0.25, -0.2) is 0 Å². The summed E-state index contributed by atoms with van der Waals surface area (Å²) in [6.07, 6.45) is 1.61. The van der Waals surface area contributed by atoms with Gasteiger partial charge < -0.3 is 9.47 Å². The number of hydrogen-bond donors (Lipinski definition) is 1. The first-order valence-corrected chi connectivity index (χ1v) is 8.62. The lowest BCUT2D eigenvalue weighted by Gasteiger charge is -2.48. The number of nitrogens with zero attached hydrogens (tertiary/aromatic N) is 1. The van der Waals surface area contributed by atoms with E-state index in [1.165, 1.54) is 0 Å². The van der Waals surface area contributed by atoms with Gasteiger partial charge in [-0.3, -0.25) is 5.32 Å². The SMILES string of the molecule is COc1ccc([C@@]2(C)OCCC[C@]2(C#N)NCc2ccccc2)cc1. The summed E-state index contributed by atoms with van der Waals surface area (Å²) in [5.41, 5.74) is 0.631. The van der Waals surface area contributed by atoms with E-state index in [9.17, 15) is 5.26 Å². The lowest BCUT2D eigenvalue weighted by Crippen LogP contribution is -2.62. The Morgan fingerprint density at radius 3 is 2.52 bits per heavy atom. The second-order valence-corrected chi connectivity index (χ2v) is 6.57. The zero-order valence-electron chi connectivity index (χ0n) is 14.8. The molecule has 2 aromatic rings. The third-order valence-electron chi connectivity index (χ3n) is 5.17. The Bertz CT molecular complexity index is 739. The highest BCUT2D eigenvalue weighted by Gasteiger charge is 2.52. The first-order valence-electron chi connectivity index (χ1n) is 8.62. The Morgan fingerprint density at radius 2 is 1.88 bits per heavy atom. The first kappa shape index (κ1) is 17.5. The molecule has 2 atom stereocenters. The van der Waals surface area contributed by atoms with Crippen molar-refractivity contribution in [2.45, 2.75) is 37.5 Å². The van der Waals surface area contributed by atoms with Crippen LogP contribution >= 0.6 is 0 Å². The van der Waals surface area contributed by atoms with Crippen molar-refractivity contribution >= 4 is 0 Å². The molecule has 0 unspecified atom stereocenters. The van der Waals surface area contributed by atoms with E-state index in [4.69, 9.17) is 9.47 Å². The van der Waals surface area contributed by atoms with E-state index in [0.29, 0.717) is 13.2 Å². The topological polar surface area (TPSA) is 54.3 Å². The number of benzene rings is 2. The zero-order chi connectivity index (χ0) is 17.8. The van der Waals surface area contributed by atoms with Crippen molar-refractivity contribution in [3.05, 3.63) is 65.7 Å². The third kappa shape index (κ3) is 3.26. The minimum absolute atomic E-state index is 0.628. The molecule has 0 aliphatic carbocycles. The second kappa shape index (κ2) is 7.26. The lowest BCUT2D eigenvalue weighted by molar-refractivity contribution is -0.120. The largest absolute Gasteiger partial charge is 0.497 e. The highest BCUT2D eigenvalue weighted by molar-refractivity contribution is 5.37. The molecule has 1 aliphatic rings. The predicted octanol–water partition coefficient (Wildman–Crippen LogP) is 3.77. The molecule has 0 saturated carbocycles. The van der Waals surface area contributed by atoms with E-state index in [2.05, 4.69) is 23.5 Å². The van der Waals surface area contributed by atoms with E-state index in [1.807, 2.05) is 49.4 Å². The Morgan fingerprint density at radius 1 is 1.16 bits per heavy atom. The molecule has 0 spiro atoms. The van der Waals surface area contributed by atoms with Crippen LogP contribution in [0.2, 0.25) is 0 Å². The van der Waals surface area contributed by atoms with Crippen LogP contribution in [0.5, 0.6) is 5.75 Å². The van der Waals surface area contributed by atoms with Gasteiger partial charge in [0.15, 0.2) is 0 Å².